The molecular formula is C13H20ClN3. The second-order valence-corrected chi connectivity index (χ2v) is 4.94. The second-order valence-electron chi connectivity index (χ2n) is 4.94. The Kier molecular flexibility index (Phi) is 4.37. The van der Waals surface area contributed by atoms with Crippen molar-refractivity contribution >= 4 is 12.4 Å². The van der Waals surface area contributed by atoms with Crippen LogP contribution >= 0.6 is 12.4 Å². The zero-order valence-electron chi connectivity index (χ0n) is 10.0. The number of hydrogen-bond acceptors (Lipinski definition) is 3. The lowest BCUT2D eigenvalue weighted by atomic mass is 9.94. The van der Waals surface area contributed by atoms with E-state index in [2.05, 4.69) is 21.3 Å². The Morgan fingerprint density at radius 1 is 1.41 bits per heavy atom. The smallest absolute Gasteiger partial charge is 0.0312 e. The molecule has 1 N–H and O–H groups in total. The van der Waals surface area contributed by atoms with Gasteiger partial charge in [0.25, 0.3) is 0 Å². The van der Waals surface area contributed by atoms with Gasteiger partial charge in [-0.3, -0.25) is 9.88 Å². The predicted molar refractivity (Wildman–Crippen MR) is 71.3 cm³/mol. The summed E-state index contributed by atoms with van der Waals surface area (Å²) in [5.41, 5.74) is 1.35. The topological polar surface area (TPSA) is 28.2 Å². The number of nitrogens with one attached hydrogen (secondary N) is 1. The average molecular weight is 254 g/mol. The molecule has 0 aliphatic carbocycles. The van der Waals surface area contributed by atoms with E-state index in [1.807, 2.05) is 18.5 Å². The standard InChI is InChI=1S/C13H19N3.ClH/c1-2-11(8-14-5-1)10-16-7-4-12-9-15-6-3-13(12)16;/h1-2,5,8,12-13,15H,3-4,6-7,9-10H2;1H. The summed E-state index contributed by atoms with van der Waals surface area (Å²) in [4.78, 5) is 6.83. The van der Waals surface area contributed by atoms with Crippen LogP contribution in [0.25, 0.3) is 0 Å². The number of halogens is 1. The number of aromatic nitrogens is 1. The summed E-state index contributed by atoms with van der Waals surface area (Å²) in [6, 6.07) is 5.02. The molecule has 0 spiro atoms. The molecule has 0 saturated carbocycles. The highest BCUT2D eigenvalue weighted by Gasteiger charge is 2.35. The summed E-state index contributed by atoms with van der Waals surface area (Å²) >= 11 is 0. The zero-order valence-corrected chi connectivity index (χ0v) is 10.8. The van der Waals surface area contributed by atoms with E-state index in [1.165, 1.54) is 38.0 Å². The van der Waals surface area contributed by atoms with Crippen LogP contribution in [-0.4, -0.2) is 35.6 Å². The molecule has 0 aromatic carbocycles. The van der Waals surface area contributed by atoms with Gasteiger partial charge < -0.3 is 5.32 Å². The summed E-state index contributed by atoms with van der Waals surface area (Å²) < 4.78 is 0. The number of fused-ring (bicyclic) bond motifs is 1. The van der Waals surface area contributed by atoms with Crippen molar-refractivity contribution in [2.45, 2.75) is 25.4 Å². The first-order valence-electron chi connectivity index (χ1n) is 6.27. The third-order valence-corrected chi connectivity index (χ3v) is 3.93. The van der Waals surface area contributed by atoms with Gasteiger partial charge in [0.1, 0.15) is 0 Å². The number of rotatable bonds is 2. The first-order valence-corrected chi connectivity index (χ1v) is 6.27. The van der Waals surface area contributed by atoms with Gasteiger partial charge in [0.05, 0.1) is 0 Å². The highest BCUT2D eigenvalue weighted by Crippen LogP contribution is 2.29. The van der Waals surface area contributed by atoms with Gasteiger partial charge in [0, 0.05) is 25.0 Å². The molecule has 1 aromatic rings. The first kappa shape index (κ1) is 12.8. The molecule has 2 aliphatic rings. The fourth-order valence-electron chi connectivity index (χ4n) is 3.10. The van der Waals surface area contributed by atoms with Crippen molar-refractivity contribution < 1.29 is 0 Å². The van der Waals surface area contributed by atoms with E-state index < -0.39 is 0 Å². The maximum absolute atomic E-state index is 4.19. The van der Waals surface area contributed by atoms with E-state index in [0.717, 1.165) is 18.5 Å². The van der Waals surface area contributed by atoms with Gasteiger partial charge in [0.15, 0.2) is 0 Å². The van der Waals surface area contributed by atoms with Crippen LogP contribution in [0.1, 0.15) is 18.4 Å². The summed E-state index contributed by atoms with van der Waals surface area (Å²) in [6.07, 6.45) is 6.51. The fourth-order valence-corrected chi connectivity index (χ4v) is 3.10. The van der Waals surface area contributed by atoms with Crippen LogP contribution in [0.15, 0.2) is 24.5 Å². The van der Waals surface area contributed by atoms with Crippen LogP contribution in [0.2, 0.25) is 0 Å². The summed E-state index contributed by atoms with van der Waals surface area (Å²) in [7, 11) is 0. The molecule has 0 amide bonds. The van der Waals surface area contributed by atoms with Crippen molar-refractivity contribution in [1.82, 2.24) is 15.2 Å². The fraction of sp³-hybridized carbons (Fsp3) is 0.615. The molecule has 4 heteroatoms. The number of likely N-dealkylation sites (tertiary alicyclic amines) is 1. The number of hydrogen-bond donors (Lipinski definition) is 1. The Hall–Kier alpha value is -0.640. The molecule has 94 valence electrons. The van der Waals surface area contributed by atoms with Gasteiger partial charge in [0.2, 0.25) is 0 Å². The van der Waals surface area contributed by atoms with Gasteiger partial charge in [-0.1, -0.05) is 6.07 Å². The van der Waals surface area contributed by atoms with E-state index >= 15 is 0 Å². The van der Waals surface area contributed by atoms with Crippen molar-refractivity contribution in [3.8, 4) is 0 Å². The highest BCUT2D eigenvalue weighted by molar-refractivity contribution is 5.85. The van der Waals surface area contributed by atoms with Crippen molar-refractivity contribution in [1.29, 1.82) is 0 Å². The second kappa shape index (κ2) is 5.80. The third kappa shape index (κ3) is 2.79. The Labute approximate surface area is 109 Å². The maximum atomic E-state index is 4.19. The van der Waals surface area contributed by atoms with Crippen molar-refractivity contribution in [2.75, 3.05) is 19.6 Å². The molecule has 0 radical (unpaired) electrons. The summed E-state index contributed by atoms with van der Waals surface area (Å²) in [5, 5.41) is 3.50. The van der Waals surface area contributed by atoms with E-state index in [1.54, 1.807) is 0 Å². The molecule has 3 rings (SSSR count). The molecule has 2 fully saturated rings. The minimum Gasteiger partial charge on any atom is -0.316 e. The lowest BCUT2D eigenvalue weighted by Gasteiger charge is -2.32. The van der Waals surface area contributed by atoms with Crippen LogP contribution in [0.5, 0.6) is 0 Å². The SMILES string of the molecule is Cl.c1cncc(CN2CCC3CNCCC32)c1. The minimum atomic E-state index is 0. The van der Waals surface area contributed by atoms with Gasteiger partial charge in [-0.05, 0) is 50.0 Å². The molecular weight excluding hydrogens is 234 g/mol. The number of pyridine rings is 1. The average Bonchev–Trinajstić information content (AvgIpc) is 2.74. The normalized spacial score (nSPS) is 28.5. The molecule has 0 bridgehead atoms. The Morgan fingerprint density at radius 2 is 2.35 bits per heavy atom. The van der Waals surface area contributed by atoms with Crippen LogP contribution in [0.3, 0.4) is 0 Å². The van der Waals surface area contributed by atoms with Crippen molar-refractivity contribution in [3.05, 3.63) is 30.1 Å². The summed E-state index contributed by atoms with van der Waals surface area (Å²) in [6.45, 7) is 4.74. The van der Waals surface area contributed by atoms with Gasteiger partial charge in [-0.25, -0.2) is 0 Å². The van der Waals surface area contributed by atoms with Crippen LogP contribution in [0, 0.1) is 5.92 Å². The molecule has 1 aromatic heterocycles. The van der Waals surface area contributed by atoms with Gasteiger partial charge >= 0.3 is 0 Å². The van der Waals surface area contributed by atoms with E-state index in [9.17, 15) is 0 Å². The Bertz CT molecular complexity index is 344. The predicted octanol–water partition coefficient (Wildman–Crippen LogP) is 1.69. The molecule has 2 saturated heterocycles. The van der Waals surface area contributed by atoms with Crippen LogP contribution < -0.4 is 5.32 Å². The highest BCUT2D eigenvalue weighted by atomic mass is 35.5. The Morgan fingerprint density at radius 3 is 3.18 bits per heavy atom. The van der Waals surface area contributed by atoms with E-state index in [-0.39, 0.29) is 12.4 Å². The quantitative estimate of drug-likeness (QED) is 0.870. The van der Waals surface area contributed by atoms with E-state index in [0.29, 0.717) is 0 Å². The zero-order chi connectivity index (χ0) is 10.8. The maximum Gasteiger partial charge on any atom is 0.0312 e. The van der Waals surface area contributed by atoms with Crippen molar-refractivity contribution in [3.63, 3.8) is 0 Å². The first-order chi connectivity index (χ1) is 7.93. The Balaban J connectivity index is 0.00000108. The van der Waals surface area contributed by atoms with Gasteiger partial charge in [-0.2, -0.15) is 0 Å². The van der Waals surface area contributed by atoms with E-state index in [4.69, 9.17) is 0 Å². The molecule has 3 nitrogen and oxygen atoms in total. The van der Waals surface area contributed by atoms with Gasteiger partial charge in [-0.15, -0.1) is 12.4 Å². The minimum absolute atomic E-state index is 0. The molecule has 2 aliphatic heterocycles. The molecule has 2 atom stereocenters. The lowest BCUT2D eigenvalue weighted by molar-refractivity contribution is 0.184. The molecule has 2 unspecified atom stereocenters. The molecule has 17 heavy (non-hydrogen) atoms. The molecule has 3 heterocycles. The largest absolute Gasteiger partial charge is 0.316 e. The summed E-state index contributed by atoms with van der Waals surface area (Å²) in [5.74, 6) is 0.880. The number of nitrogens with zero attached hydrogens (tertiary/aromatic N) is 2. The van der Waals surface area contributed by atoms with Crippen LogP contribution in [-0.2, 0) is 6.54 Å². The lowest BCUT2D eigenvalue weighted by Crippen LogP contribution is -2.43. The number of piperidine rings is 1. The monoisotopic (exact) mass is 253 g/mol. The van der Waals surface area contributed by atoms with Crippen molar-refractivity contribution in [2.24, 2.45) is 5.92 Å². The third-order valence-electron chi connectivity index (χ3n) is 3.93. The van der Waals surface area contributed by atoms with Crippen LogP contribution in [0.4, 0.5) is 0 Å².